The van der Waals surface area contributed by atoms with Gasteiger partial charge >= 0.3 is 18.4 Å². The minimum Gasteiger partial charge on any atom is -0.381 e. The van der Waals surface area contributed by atoms with Crippen molar-refractivity contribution in [2.24, 2.45) is 0 Å². The topological polar surface area (TPSA) is 96.5 Å². The van der Waals surface area contributed by atoms with Crippen molar-refractivity contribution in [1.29, 1.82) is 0 Å². The number of carbonyl (C=O) groups excluding carboxylic acids is 2. The normalized spacial score (nSPS) is 21.9. The van der Waals surface area contributed by atoms with Crippen LogP contribution in [0.2, 0.25) is 0 Å². The third-order valence-electron chi connectivity index (χ3n) is 9.26. The molecule has 0 spiro atoms. The molecule has 5 rings (SSSR count). The molecule has 2 aromatic rings. The highest BCUT2D eigenvalue weighted by atomic mass is 32.2. The quantitative estimate of drug-likeness (QED) is 0.310. The first-order valence-electron chi connectivity index (χ1n) is 15.2. The van der Waals surface area contributed by atoms with Crippen molar-refractivity contribution in [3.05, 3.63) is 65.5 Å². The van der Waals surface area contributed by atoms with Crippen LogP contribution in [0.3, 0.4) is 0 Å². The zero-order valence-corrected chi connectivity index (χ0v) is 26.6. The fourth-order valence-corrected chi connectivity index (χ4v) is 8.63. The van der Waals surface area contributed by atoms with Crippen LogP contribution in [-0.2, 0) is 34.5 Å². The molecular weight excluding hydrogens is 675 g/mol. The molecule has 264 valence electrons. The highest BCUT2D eigenvalue weighted by molar-refractivity contribution is 7.92. The van der Waals surface area contributed by atoms with Crippen molar-refractivity contribution < 1.29 is 58.2 Å². The standard InChI is InChI=1S/C31H34F7N3O6S/c1-21(42)39-14-16-40(17-15-39)27(43)41-13-12-28(20-41,48(44,45)26-8-6-24(32)7-9-26)22-2-4-23(5-3-22)29(30(33,34)35,31(36,37)38)47-25-10-18-46-19-11-25/h2-9,25H,10-20H2,1H3. The van der Waals surface area contributed by atoms with E-state index in [4.69, 9.17) is 9.47 Å². The van der Waals surface area contributed by atoms with Gasteiger partial charge < -0.3 is 24.2 Å². The van der Waals surface area contributed by atoms with E-state index in [1.165, 1.54) is 16.7 Å². The maximum atomic E-state index is 14.5. The van der Waals surface area contributed by atoms with Gasteiger partial charge in [0.05, 0.1) is 11.0 Å². The van der Waals surface area contributed by atoms with E-state index >= 15 is 0 Å². The first-order valence-corrected chi connectivity index (χ1v) is 16.7. The first-order chi connectivity index (χ1) is 22.4. The van der Waals surface area contributed by atoms with E-state index in [9.17, 15) is 48.7 Å². The Morgan fingerprint density at radius 3 is 1.88 bits per heavy atom. The Hall–Kier alpha value is -3.44. The van der Waals surface area contributed by atoms with Crippen LogP contribution in [-0.4, -0.2) is 106 Å². The molecule has 3 heterocycles. The lowest BCUT2D eigenvalue weighted by Gasteiger charge is -2.41. The number of carbonyl (C=O) groups is 2. The number of alkyl halides is 6. The molecule has 3 amide bonds. The molecule has 3 aliphatic heterocycles. The van der Waals surface area contributed by atoms with Crippen LogP contribution in [0.1, 0.15) is 37.3 Å². The fourth-order valence-electron chi connectivity index (χ4n) is 6.55. The third-order valence-corrected chi connectivity index (χ3v) is 11.8. The first kappa shape index (κ1) is 35.9. The Morgan fingerprint density at radius 2 is 1.35 bits per heavy atom. The smallest absolute Gasteiger partial charge is 0.381 e. The predicted molar refractivity (Wildman–Crippen MR) is 156 cm³/mol. The van der Waals surface area contributed by atoms with Crippen LogP contribution in [0, 0.1) is 5.82 Å². The number of rotatable bonds is 6. The van der Waals surface area contributed by atoms with E-state index in [-0.39, 0.29) is 81.6 Å². The molecular formula is C31H34F7N3O6S. The highest BCUT2D eigenvalue weighted by Gasteiger charge is 2.74. The van der Waals surface area contributed by atoms with Crippen molar-refractivity contribution in [2.45, 2.75) is 59.9 Å². The number of amides is 3. The second-order valence-electron chi connectivity index (χ2n) is 12.1. The molecule has 48 heavy (non-hydrogen) atoms. The van der Waals surface area contributed by atoms with Gasteiger partial charge in [-0.05, 0) is 49.1 Å². The van der Waals surface area contributed by atoms with Crippen molar-refractivity contribution in [1.82, 2.24) is 14.7 Å². The van der Waals surface area contributed by atoms with Gasteiger partial charge in [-0.1, -0.05) is 24.3 Å². The summed E-state index contributed by atoms with van der Waals surface area (Å²) in [4.78, 5) is 29.1. The van der Waals surface area contributed by atoms with Gasteiger partial charge in [0.15, 0.2) is 9.84 Å². The molecule has 0 N–H and O–H groups in total. The molecule has 1 unspecified atom stereocenters. The lowest BCUT2D eigenvalue weighted by Crippen LogP contribution is -2.57. The molecule has 3 aliphatic rings. The molecule has 1 atom stereocenters. The van der Waals surface area contributed by atoms with Gasteiger partial charge in [0.1, 0.15) is 10.6 Å². The second kappa shape index (κ2) is 13.1. The fraction of sp³-hybridized carbons (Fsp3) is 0.548. The molecule has 2 aromatic carbocycles. The minimum atomic E-state index is -5.95. The summed E-state index contributed by atoms with van der Waals surface area (Å²) in [6.45, 7) is 1.48. The van der Waals surface area contributed by atoms with Gasteiger partial charge in [-0.25, -0.2) is 17.6 Å². The molecule has 3 saturated heterocycles. The zero-order chi connectivity index (χ0) is 35.1. The minimum absolute atomic E-state index is 0.0825. The van der Waals surface area contributed by atoms with E-state index in [0.717, 1.165) is 36.4 Å². The Kier molecular flexibility index (Phi) is 9.80. The van der Waals surface area contributed by atoms with Gasteiger partial charge in [-0.2, -0.15) is 26.3 Å². The third kappa shape index (κ3) is 6.35. The molecule has 0 radical (unpaired) electrons. The van der Waals surface area contributed by atoms with Crippen LogP contribution in [0.25, 0.3) is 0 Å². The van der Waals surface area contributed by atoms with Crippen LogP contribution < -0.4 is 0 Å². The average molecular weight is 710 g/mol. The van der Waals surface area contributed by atoms with E-state index in [1.807, 2.05) is 0 Å². The second-order valence-corrected chi connectivity index (χ2v) is 14.3. The predicted octanol–water partition coefficient (Wildman–Crippen LogP) is 5.00. The summed E-state index contributed by atoms with van der Waals surface area (Å²) in [7, 11) is -4.54. The highest BCUT2D eigenvalue weighted by Crippen LogP contribution is 2.54. The van der Waals surface area contributed by atoms with Crippen LogP contribution in [0.4, 0.5) is 35.5 Å². The van der Waals surface area contributed by atoms with Gasteiger partial charge in [0.25, 0.3) is 5.60 Å². The van der Waals surface area contributed by atoms with E-state index in [1.54, 1.807) is 4.90 Å². The number of halogens is 7. The summed E-state index contributed by atoms with van der Waals surface area (Å²) in [5.74, 6) is -0.908. The van der Waals surface area contributed by atoms with Crippen molar-refractivity contribution in [3.63, 3.8) is 0 Å². The average Bonchev–Trinajstić information content (AvgIpc) is 3.50. The van der Waals surface area contributed by atoms with E-state index < -0.39 is 62.6 Å². The maximum Gasteiger partial charge on any atom is 0.430 e. The Balaban J connectivity index is 1.55. The number of sulfone groups is 1. The van der Waals surface area contributed by atoms with Gasteiger partial charge in [0.2, 0.25) is 5.91 Å². The lowest BCUT2D eigenvalue weighted by molar-refractivity contribution is -0.401. The molecule has 3 fully saturated rings. The molecule has 17 heteroatoms. The van der Waals surface area contributed by atoms with Crippen molar-refractivity contribution in [3.8, 4) is 0 Å². The van der Waals surface area contributed by atoms with Crippen molar-refractivity contribution >= 4 is 21.8 Å². The molecule has 0 aliphatic carbocycles. The molecule has 9 nitrogen and oxygen atoms in total. The maximum absolute atomic E-state index is 14.5. The number of hydrogen-bond donors (Lipinski definition) is 0. The number of likely N-dealkylation sites (tertiary alicyclic amines) is 1. The Morgan fingerprint density at radius 1 is 0.812 bits per heavy atom. The van der Waals surface area contributed by atoms with Gasteiger partial charge in [-0.15, -0.1) is 0 Å². The summed E-state index contributed by atoms with van der Waals surface area (Å²) in [5.41, 5.74) is -6.17. The van der Waals surface area contributed by atoms with E-state index in [0.29, 0.717) is 12.1 Å². The van der Waals surface area contributed by atoms with E-state index in [2.05, 4.69) is 0 Å². The molecule has 0 aromatic heterocycles. The number of nitrogens with zero attached hydrogens (tertiary/aromatic N) is 3. The number of urea groups is 1. The molecule has 0 saturated carbocycles. The summed E-state index contributed by atoms with van der Waals surface area (Å²) in [5, 5.41) is 0. The van der Waals surface area contributed by atoms with Crippen molar-refractivity contribution in [2.75, 3.05) is 52.5 Å². The van der Waals surface area contributed by atoms with Gasteiger partial charge in [-0.3, -0.25) is 4.79 Å². The summed E-state index contributed by atoms with van der Waals surface area (Å²) in [6.07, 6.45) is -14.0. The van der Waals surface area contributed by atoms with Crippen LogP contribution >= 0.6 is 0 Å². The molecule has 0 bridgehead atoms. The largest absolute Gasteiger partial charge is 0.430 e. The lowest BCUT2D eigenvalue weighted by atomic mass is 9.88. The Bertz CT molecular complexity index is 1570. The van der Waals surface area contributed by atoms with Crippen LogP contribution in [0.5, 0.6) is 0 Å². The number of hydrogen-bond acceptors (Lipinski definition) is 6. The Labute approximate surface area is 272 Å². The number of benzene rings is 2. The summed E-state index contributed by atoms with van der Waals surface area (Å²) >= 11 is 0. The SMILES string of the molecule is CC(=O)N1CCN(C(=O)N2CCC(c3ccc(C(OC4CCOCC4)(C(F)(F)F)C(F)(F)F)cc3)(S(=O)(=O)c3ccc(F)cc3)C2)CC1. The zero-order valence-electron chi connectivity index (χ0n) is 25.8. The summed E-state index contributed by atoms with van der Waals surface area (Å²) < 4.78 is 138. The summed E-state index contributed by atoms with van der Waals surface area (Å²) in [6, 6.07) is 6.18. The monoisotopic (exact) mass is 709 g/mol. The number of piperazine rings is 1. The van der Waals surface area contributed by atoms with Gasteiger partial charge in [0, 0.05) is 65.0 Å². The van der Waals surface area contributed by atoms with Crippen LogP contribution in [0.15, 0.2) is 53.4 Å². The number of ether oxygens (including phenoxy) is 2.